The molecule has 0 bridgehead atoms. The smallest absolute Gasteiger partial charge is 0.301 e. The molecule has 1 amide bonds. The van der Waals surface area contributed by atoms with Crippen molar-refractivity contribution in [1.29, 1.82) is 0 Å². The highest BCUT2D eigenvalue weighted by Gasteiger charge is 2.03. The fraction of sp³-hybridized carbons (Fsp3) is 0.0909. The molecule has 0 saturated heterocycles. The van der Waals surface area contributed by atoms with Gasteiger partial charge in [0.1, 0.15) is 5.75 Å². The summed E-state index contributed by atoms with van der Waals surface area (Å²) in [5.74, 6) is 0.155. The second-order valence-electron chi connectivity index (χ2n) is 3.31. The summed E-state index contributed by atoms with van der Waals surface area (Å²) in [7, 11) is 1.83. The Bertz CT molecular complexity index is 502. The number of rotatable bonds is 3. The molecule has 0 fully saturated rings. The average Bonchev–Trinajstić information content (AvgIpc) is 2.65. The minimum atomic E-state index is -0.455. The maximum absolute atomic E-state index is 10.8. The predicted octanol–water partition coefficient (Wildman–Crippen LogP) is 1.31. The first-order valence-electron chi connectivity index (χ1n) is 4.72. The summed E-state index contributed by atoms with van der Waals surface area (Å²) in [6.45, 7) is 0. The van der Waals surface area contributed by atoms with Crippen molar-refractivity contribution in [3.8, 4) is 11.8 Å². The molecule has 1 heterocycles. The number of nitrogens with two attached hydrogens (primary N) is 1. The van der Waals surface area contributed by atoms with E-state index in [1.165, 1.54) is 0 Å². The van der Waals surface area contributed by atoms with Gasteiger partial charge in [0.2, 0.25) is 5.91 Å². The van der Waals surface area contributed by atoms with Crippen LogP contribution in [-0.2, 0) is 7.05 Å². The fourth-order valence-electron chi connectivity index (χ4n) is 1.24. The van der Waals surface area contributed by atoms with E-state index in [0.717, 1.165) is 0 Å². The first kappa shape index (κ1) is 10.2. The van der Waals surface area contributed by atoms with Crippen LogP contribution in [0.3, 0.4) is 0 Å². The van der Waals surface area contributed by atoms with E-state index in [2.05, 4.69) is 4.98 Å². The zero-order chi connectivity index (χ0) is 11.5. The van der Waals surface area contributed by atoms with Crippen molar-refractivity contribution in [3.63, 3.8) is 0 Å². The molecule has 0 aliphatic carbocycles. The lowest BCUT2D eigenvalue weighted by Gasteiger charge is -2.04. The number of benzene rings is 1. The van der Waals surface area contributed by atoms with E-state index < -0.39 is 5.91 Å². The highest BCUT2D eigenvalue weighted by atomic mass is 16.5. The number of amides is 1. The summed E-state index contributed by atoms with van der Waals surface area (Å²) in [6, 6.07) is 7.07. The van der Waals surface area contributed by atoms with Crippen LogP contribution in [0.4, 0.5) is 0 Å². The molecule has 5 nitrogen and oxygen atoms in total. The van der Waals surface area contributed by atoms with E-state index >= 15 is 0 Å². The average molecular weight is 217 g/mol. The van der Waals surface area contributed by atoms with E-state index in [-0.39, 0.29) is 0 Å². The molecule has 1 aromatic heterocycles. The molecular weight excluding hydrogens is 206 g/mol. The van der Waals surface area contributed by atoms with Crippen LogP contribution < -0.4 is 10.5 Å². The number of primary amides is 1. The molecule has 16 heavy (non-hydrogen) atoms. The van der Waals surface area contributed by atoms with Gasteiger partial charge in [0, 0.05) is 25.0 Å². The van der Waals surface area contributed by atoms with Gasteiger partial charge < -0.3 is 15.0 Å². The summed E-state index contributed by atoms with van der Waals surface area (Å²) in [5.41, 5.74) is 5.58. The highest BCUT2D eigenvalue weighted by molar-refractivity contribution is 5.92. The van der Waals surface area contributed by atoms with Crippen LogP contribution in [0, 0.1) is 0 Å². The number of hydrogen-bond donors (Lipinski definition) is 1. The highest BCUT2D eigenvalue weighted by Crippen LogP contribution is 2.19. The number of nitrogens with zero attached hydrogens (tertiary/aromatic N) is 2. The minimum absolute atomic E-state index is 0.451. The predicted molar refractivity (Wildman–Crippen MR) is 58.2 cm³/mol. The molecule has 0 radical (unpaired) electrons. The number of carbonyl (C=O) groups excluding carboxylic acids is 1. The van der Waals surface area contributed by atoms with Gasteiger partial charge in [-0.3, -0.25) is 4.79 Å². The Morgan fingerprint density at radius 3 is 2.56 bits per heavy atom. The lowest BCUT2D eigenvalue weighted by atomic mass is 10.2. The normalized spacial score (nSPS) is 10.1. The van der Waals surface area contributed by atoms with Crippen molar-refractivity contribution >= 4 is 5.91 Å². The topological polar surface area (TPSA) is 70.1 Å². The number of ether oxygens (including phenoxy) is 1. The first-order chi connectivity index (χ1) is 7.66. The quantitative estimate of drug-likeness (QED) is 0.842. The van der Waals surface area contributed by atoms with Crippen molar-refractivity contribution in [2.45, 2.75) is 0 Å². The van der Waals surface area contributed by atoms with E-state index in [1.807, 2.05) is 7.05 Å². The van der Waals surface area contributed by atoms with Crippen molar-refractivity contribution in [1.82, 2.24) is 9.55 Å². The zero-order valence-corrected chi connectivity index (χ0v) is 8.75. The summed E-state index contributed by atoms with van der Waals surface area (Å²) in [6.07, 6.45) is 3.43. The third kappa shape index (κ3) is 2.03. The molecule has 1 aromatic carbocycles. The molecule has 0 atom stereocenters. The third-order valence-corrected chi connectivity index (χ3v) is 2.12. The van der Waals surface area contributed by atoms with Crippen LogP contribution in [0.5, 0.6) is 11.8 Å². The monoisotopic (exact) mass is 217 g/mol. The molecule has 5 heteroatoms. The van der Waals surface area contributed by atoms with Gasteiger partial charge in [0.15, 0.2) is 0 Å². The molecule has 2 N–H and O–H groups in total. The second-order valence-corrected chi connectivity index (χ2v) is 3.31. The largest absolute Gasteiger partial charge is 0.426 e. The number of aryl methyl sites for hydroxylation is 1. The van der Waals surface area contributed by atoms with Gasteiger partial charge in [-0.05, 0) is 24.3 Å². The van der Waals surface area contributed by atoms with Crippen LogP contribution >= 0.6 is 0 Å². The first-order valence-corrected chi connectivity index (χ1v) is 4.72. The minimum Gasteiger partial charge on any atom is -0.426 e. The maximum Gasteiger partial charge on any atom is 0.301 e. The molecule has 0 aliphatic heterocycles. The Kier molecular flexibility index (Phi) is 2.59. The zero-order valence-electron chi connectivity index (χ0n) is 8.75. The van der Waals surface area contributed by atoms with E-state index in [9.17, 15) is 4.79 Å². The van der Waals surface area contributed by atoms with Crippen LogP contribution in [0.15, 0.2) is 36.7 Å². The van der Waals surface area contributed by atoms with Crippen molar-refractivity contribution < 1.29 is 9.53 Å². The van der Waals surface area contributed by atoms with Gasteiger partial charge >= 0.3 is 6.01 Å². The van der Waals surface area contributed by atoms with Crippen LogP contribution in [-0.4, -0.2) is 15.5 Å². The summed E-state index contributed by atoms with van der Waals surface area (Å²) < 4.78 is 7.24. The van der Waals surface area contributed by atoms with Gasteiger partial charge in [-0.15, -0.1) is 0 Å². The second kappa shape index (κ2) is 4.06. The van der Waals surface area contributed by atoms with Crippen LogP contribution in [0.25, 0.3) is 0 Å². The fourth-order valence-corrected chi connectivity index (χ4v) is 1.24. The lowest BCUT2D eigenvalue weighted by Crippen LogP contribution is -2.10. The molecule has 82 valence electrons. The number of hydrogen-bond acceptors (Lipinski definition) is 3. The third-order valence-electron chi connectivity index (χ3n) is 2.12. The molecule has 0 spiro atoms. The number of carbonyl (C=O) groups is 1. The van der Waals surface area contributed by atoms with E-state index in [0.29, 0.717) is 17.3 Å². The van der Waals surface area contributed by atoms with E-state index in [1.54, 1.807) is 41.2 Å². The Morgan fingerprint density at radius 2 is 2.06 bits per heavy atom. The van der Waals surface area contributed by atoms with Gasteiger partial charge in [0.25, 0.3) is 0 Å². The van der Waals surface area contributed by atoms with Crippen LogP contribution in [0.2, 0.25) is 0 Å². The maximum atomic E-state index is 10.8. The molecule has 0 unspecified atom stereocenters. The van der Waals surface area contributed by atoms with Gasteiger partial charge in [-0.25, -0.2) is 4.98 Å². The standard InChI is InChI=1S/C11H11N3O2/c1-14-7-6-13-11(14)16-9-4-2-8(3-5-9)10(12)15/h2-7H,1H3,(H2,12,15). The molecule has 0 aliphatic rings. The number of imidazole rings is 1. The molecular formula is C11H11N3O2. The summed E-state index contributed by atoms with van der Waals surface area (Å²) >= 11 is 0. The van der Waals surface area contributed by atoms with Crippen molar-refractivity contribution in [3.05, 3.63) is 42.2 Å². The van der Waals surface area contributed by atoms with Gasteiger partial charge in [0.05, 0.1) is 0 Å². The van der Waals surface area contributed by atoms with Crippen LogP contribution in [0.1, 0.15) is 10.4 Å². The summed E-state index contributed by atoms with van der Waals surface area (Å²) in [4.78, 5) is 14.9. The van der Waals surface area contributed by atoms with Crippen molar-refractivity contribution in [2.75, 3.05) is 0 Å². The Labute approximate surface area is 92.5 Å². The molecule has 0 saturated carbocycles. The van der Waals surface area contributed by atoms with Gasteiger partial charge in [-0.2, -0.15) is 0 Å². The Morgan fingerprint density at radius 1 is 1.38 bits per heavy atom. The van der Waals surface area contributed by atoms with Crippen molar-refractivity contribution in [2.24, 2.45) is 12.8 Å². The molecule has 2 rings (SSSR count). The Hall–Kier alpha value is -2.30. The summed E-state index contributed by atoms with van der Waals surface area (Å²) in [5, 5.41) is 0. The van der Waals surface area contributed by atoms with E-state index in [4.69, 9.17) is 10.5 Å². The SMILES string of the molecule is Cn1ccnc1Oc1ccc(C(N)=O)cc1. The lowest BCUT2D eigenvalue weighted by molar-refractivity contribution is 0.100. The van der Waals surface area contributed by atoms with Gasteiger partial charge in [-0.1, -0.05) is 0 Å². The molecule has 2 aromatic rings. The number of aromatic nitrogens is 2. The Balaban J connectivity index is 2.17.